The van der Waals surface area contributed by atoms with Crippen LogP contribution in [-0.4, -0.2) is 28.2 Å². The molecular weight excluding hydrogens is 150 g/mol. The molecule has 62 valence electrons. The summed E-state index contributed by atoms with van der Waals surface area (Å²) in [5, 5.41) is 16.6. The van der Waals surface area contributed by atoms with Gasteiger partial charge >= 0.3 is 11.9 Å². The fraction of sp³-hybridized carbons (Fsp3) is 0.333. The second-order valence-corrected chi connectivity index (χ2v) is 2.03. The minimum Gasteiger partial charge on any atom is -0.478 e. The number of aliphatic carboxylic acids is 2. The lowest BCUT2D eigenvalue weighted by atomic mass is 10.1. The number of nitrogens with two attached hydrogens (primary N) is 1. The van der Waals surface area contributed by atoms with Gasteiger partial charge in [0.2, 0.25) is 0 Å². The summed E-state index contributed by atoms with van der Waals surface area (Å²) in [5.41, 5.74) is 4.87. The van der Waals surface area contributed by atoms with Crippen LogP contribution in [-0.2, 0) is 9.59 Å². The Morgan fingerprint density at radius 1 is 1.45 bits per heavy atom. The number of hydrogen-bond donors (Lipinski definition) is 3. The van der Waals surface area contributed by atoms with Gasteiger partial charge in [-0.05, 0) is 6.92 Å². The smallest absolute Gasteiger partial charge is 0.333 e. The summed E-state index contributed by atoms with van der Waals surface area (Å²) >= 11 is 0. The molecule has 0 aliphatic rings. The first kappa shape index (κ1) is 9.64. The van der Waals surface area contributed by atoms with Gasteiger partial charge in [0.25, 0.3) is 0 Å². The summed E-state index contributed by atoms with van der Waals surface area (Å²) in [4.78, 5) is 20.3. The predicted molar refractivity (Wildman–Crippen MR) is 37.0 cm³/mol. The van der Waals surface area contributed by atoms with Crippen molar-refractivity contribution in [1.29, 1.82) is 0 Å². The Labute approximate surface area is 63.1 Å². The van der Waals surface area contributed by atoms with E-state index in [1.165, 1.54) is 6.92 Å². The molecular formula is C6H9NO4. The van der Waals surface area contributed by atoms with Gasteiger partial charge in [0.15, 0.2) is 0 Å². The van der Waals surface area contributed by atoms with Gasteiger partial charge in [-0.1, -0.05) is 0 Å². The molecule has 0 saturated heterocycles. The molecule has 0 spiro atoms. The van der Waals surface area contributed by atoms with E-state index in [-0.39, 0.29) is 5.57 Å². The van der Waals surface area contributed by atoms with Crippen LogP contribution in [0, 0.1) is 0 Å². The fourth-order valence-corrected chi connectivity index (χ4v) is 0.521. The van der Waals surface area contributed by atoms with Crippen LogP contribution in [0.4, 0.5) is 0 Å². The van der Waals surface area contributed by atoms with E-state index < -0.39 is 18.0 Å². The summed E-state index contributed by atoms with van der Waals surface area (Å²) < 4.78 is 0. The van der Waals surface area contributed by atoms with Crippen molar-refractivity contribution in [2.75, 3.05) is 0 Å². The van der Waals surface area contributed by atoms with Gasteiger partial charge < -0.3 is 15.9 Å². The summed E-state index contributed by atoms with van der Waals surface area (Å²) in [6.45, 7) is 1.41. The largest absolute Gasteiger partial charge is 0.478 e. The maximum atomic E-state index is 10.3. The third-order valence-electron chi connectivity index (χ3n) is 1.02. The number of rotatable bonds is 3. The third-order valence-corrected chi connectivity index (χ3v) is 1.02. The van der Waals surface area contributed by atoms with E-state index in [9.17, 15) is 9.59 Å². The first-order chi connectivity index (χ1) is 4.95. The van der Waals surface area contributed by atoms with Gasteiger partial charge in [-0.3, -0.25) is 0 Å². The van der Waals surface area contributed by atoms with E-state index in [1.54, 1.807) is 0 Å². The molecule has 0 saturated carbocycles. The maximum absolute atomic E-state index is 10.3. The van der Waals surface area contributed by atoms with Gasteiger partial charge in [0, 0.05) is 12.1 Å². The molecule has 0 aliphatic carbocycles. The molecule has 1 atom stereocenters. The topological polar surface area (TPSA) is 101 Å². The maximum Gasteiger partial charge on any atom is 0.333 e. The Bertz CT molecular complexity index is 207. The molecule has 0 aromatic heterocycles. The van der Waals surface area contributed by atoms with Crippen molar-refractivity contribution in [3.8, 4) is 0 Å². The molecule has 1 unspecified atom stereocenters. The highest BCUT2D eigenvalue weighted by Crippen LogP contribution is 1.98. The van der Waals surface area contributed by atoms with Crippen LogP contribution >= 0.6 is 0 Å². The normalized spacial score (nSPS) is 14.2. The minimum atomic E-state index is -1.31. The van der Waals surface area contributed by atoms with Crippen molar-refractivity contribution in [2.45, 2.75) is 13.0 Å². The van der Waals surface area contributed by atoms with Gasteiger partial charge in [0.05, 0.1) is 5.57 Å². The van der Waals surface area contributed by atoms with Gasteiger partial charge in [-0.25, -0.2) is 9.59 Å². The van der Waals surface area contributed by atoms with Crippen molar-refractivity contribution < 1.29 is 19.8 Å². The van der Waals surface area contributed by atoms with Crippen LogP contribution < -0.4 is 5.73 Å². The third kappa shape index (κ3) is 3.36. The second kappa shape index (κ2) is 3.72. The first-order valence-electron chi connectivity index (χ1n) is 2.88. The fourth-order valence-electron chi connectivity index (χ4n) is 0.521. The Morgan fingerprint density at radius 3 is 2.00 bits per heavy atom. The zero-order chi connectivity index (χ0) is 9.02. The lowest BCUT2D eigenvalue weighted by molar-refractivity contribution is -0.135. The molecule has 0 radical (unpaired) electrons. The van der Waals surface area contributed by atoms with E-state index in [0.29, 0.717) is 6.08 Å². The van der Waals surface area contributed by atoms with Crippen LogP contribution in [0.15, 0.2) is 11.6 Å². The van der Waals surface area contributed by atoms with Crippen LogP contribution in [0.25, 0.3) is 0 Å². The summed E-state index contributed by atoms with van der Waals surface area (Å²) in [6.07, 6.45) is 0.590. The molecule has 11 heavy (non-hydrogen) atoms. The van der Waals surface area contributed by atoms with E-state index in [0.717, 1.165) is 0 Å². The highest BCUT2D eigenvalue weighted by atomic mass is 16.4. The lowest BCUT2D eigenvalue weighted by Crippen LogP contribution is -2.24. The van der Waals surface area contributed by atoms with Crippen molar-refractivity contribution in [1.82, 2.24) is 0 Å². The zero-order valence-corrected chi connectivity index (χ0v) is 5.94. The van der Waals surface area contributed by atoms with Crippen molar-refractivity contribution >= 4 is 11.9 Å². The molecule has 0 heterocycles. The molecule has 4 N–H and O–H groups in total. The van der Waals surface area contributed by atoms with Crippen molar-refractivity contribution in [3.63, 3.8) is 0 Å². The number of hydrogen-bond acceptors (Lipinski definition) is 3. The first-order valence-corrected chi connectivity index (χ1v) is 2.88. The number of carboxylic acids is 2. The second-order valence-electron chi connectivity index (χ2n) is 2.03. The molecule has 0 aliphatic heterocycles. The van der Waals surface area contributed by atoms with E-state index in [4.69, 9.17) is 15.9 Å². The molecule has 0 rings (SSSR count). The molecule has 0 fully saturated rings. The Morgan fingerprint density at radius 2 is 1.91 bits per heavy atom. The Hall–Kier alpha value is -1.36. The predicted octanol–water partition coefficient (Wildman–Crippen LogP) is -0.571. The van der Waals surface area contributed by atoms with Crippen LogP contribution in [0.3, 0.4) is 0 Å². The van der Waals surface area contributed by atoms with E-state index in [1.807, 2.05) is 0 Å². The van der Waals surface area contributed by atoms with Gasteiger partial charge in [-0.15, -0.1) is 0 Å². The average molecular weight is 159 g/mol. The highest BCUT2D eigenvalue weighted by Gasteiger charge is 2.13. The lowest BCUT2D eigenvalue weighted by Gasteiger charge is -2.03. The number of carbonyl (C=O) groups is 2. The monoisotopic (exact) mass is 159 g/mol. The number of carboxylic acid groups (broad SMARTS) is 2. The molecule has 5 heteroatoms. The Balaban J connectivity index is 4.60. The minimum absolute atomic E-state index is 0.308. The molecule has 0 amide bonds. The SMILES string of the molecule is CC(N)C(=CC(=O)O)C(=O)O. The standard InChI is InChI=1S/C6H9NO4/c1-3(7)4(6(10)11)2-5(8)9/h2-3H,7H2,1H3,(H,8,9)(H,10,11). The van der Waals surface area contributed by atoms with E-state index in [2.05, 4.69) is 0 Å². The van der Waals surface area contributed by atoms with Gasteiger partial charge in [0.1, 0.15) is 0 Å². The van der Waals surface area contributed by atoms with Crippen LogP contribution in [0.5, 0.6) is 0 Å². The molecule has 0 aromatic carbocycles. The van der Waals surface area contributed by atoms with Crippen molar-refractivity contribution in [2.24, 2.45) is 5.73 Å². The molecule has 0 bridgehead atoms. The highest BCUT2D eigenvalue weighted by molar-refractivity contribution is 5.95. The molecule has 0 aromatic rings. The molecule has 5 nitrogen and oxygen atoms in total. The Kier molecular flexibility index (Phi) is 3.26. The van der Waals surface area contributed by atoms with Crippen LogP contribution in [0.1, 0.15) is 6.92 Å². The van der Waals surface area contributed by atoms with Crippen molar-refractivity contribution in [3.05, 3.63) is 11.6 Å². The summed E-state index contributed by atoms with van der Waals surface area (Å²) in [5.74, 6) is -2.61. The average Bonchev–Trinajstić information content (AvgIpc) is 1.81. The zero-order valence-electron chi connectivity index (χ0n) is 5.94. The quantitative estimate of drug-likeness (QED) is 0.479. The van der Waals surface area contributed by atoms with E-state index >= 15 is 0 Å². The van der Waals surface area contributed by atoms with Gasteiger partial charge in [-0.2, -0.15) is 0 Å². The summed E-state index contributed by atoms with van der Waals surface area (Å²) in [7, 11) is 0. The summed E-state index contributed by atoms with van der Waals surface area (Å²) in [6, 6.07) is -0.774. The van der Waals surface area contributed by atoms with Crippen LogP contribution in [0.2, 0.25) is 0 Å².